The van der Waals surface area contributed by atoms with E-state index in [1.807, 2.05) is 31.0 Å². The van der Waals surface area contributed by atoms with Crippen molar-refractivity contribution in [3.8, 4) is 0 Å². The summed E-state index contributed by atoms with van der Waals surface area (Å²) in [6.07, 6.45) is 1.08. The highest BCUT2D eigenvalue weighted by molar-refractivity contribution is 6.31. The number of nitrogens with one attached hydrogen (secondary N) is 1. The Morgan fingerprint density at radius 3 is 2.89 bits per heavy atom. The van der Waals surface area contributed by atoms with E-state index in [0.717, 1.165) is 37.2 Å². The molecular formula is C14H20Cl2N2O. The van der Waals surface area contributed by atoms with Crippen molar-refractivity contribution in [2.45, 2.75) is 13.3 Å². The molecule has 106 valence electrons. The van der Waals surface area contributed by atoms with Crippen LogP contribution in [0, 0.1) is 12.8 Å². The normalized spacial score (nSPS) is 18.3. The van der Waals surface area contributed by atoms with Crippen molar-refractivity contribution < 1.29 is 4.79 Å². The van der Waals surface area contributed by atoms with Crippen molar-refractivity contribution >= 4 is 29.9 Å². The Labute approximate surface area is 125 Å². The van der Waals surface area contributed by atoms with Gasteiger partial charge in [0.1, 0.15) is 0 Å². The number of carbonyl (C=O) groups excluding carboxylic acids is 1. The minimum Gasteiger partial charge on any atom is -0.338 e. The molecule has 1 atom stereocenters. The van der Waals surface area contributed by atoms with Crippen LogP contribution in [-0.4, -0.2) is 37.5 Å². The van der Waals surface area contributed by atoms with Crippen LogP contribution in [0.15, 0.2) is 18.2 Å². The summed E-state index contributed by atoms with van der Waals surface area (Å²) < 4.78 is 0. The van der Waals surface area contributed by atoms with Crippen molar-refractivity contribution in [2.24, 2.45) is 5.92 Å². The summed E-state index contributed by atoms with van der Waals surface area (Å²) in [6.45, 7) is 4.60. The van der Waals surface area contributed by atoms with E-state index in [4.69, 9.17) is 11.6 Å². The molecule has 0 aromatic heterocycles. The number of amides is 1. The SMILES string of the molecule is CNCC1CCN(C(=O)c2ccc(Cl)c(C)c2)C1.Cl. The summed E-state index contributed by atoms with van der Waals surface area (Å²) in [5.41, 5.74) is 1.69. The first kappa shape index (κ1) is 16.3. The Morgan fingerprint density at radius 1 is 1.53 bits per heavy atom. The molecule has 1 saturated heterocycles. The predicted molar refractivity (Wildman–Crippen MR) is 81.4 cm³/mol. The fourth-order valence-electron chi connectivity index (χ4n) is 2.43. The van der Waals surface area contributed by atoms with Crippen LogP contribution < -0.4 is 5.32 Å². The van der Waals surface area contributed by atoms with E-state index in [2.05, 4.69) is 5.32 Å². The third-order valence-corrected chi connectivity index (χ3v) is 3.89. The molecule has 3 nitrogen and oxygen atoms in total. The molecular weight excluding hydrogens is 283 g/mol. The lowest BCUT2D eigenvalue weighted by atomic mass is 10.1. The van der Waals surface area contributed by atoms with Crippen LogP contribution in [-0.2, 0) is 0 Å². The summed E-state index contributed by atoms with van der Waals surface area (Å²) in [6, 6.07) is 5.48. The maximum atomic E-state index is 12.3. The second kappa shape index (κ2) is 7.13. The monoisotopic (exact) mass is 302 g/mol. The molecule has 1 fully saturated rings. The number of halogens is 2. The van der Waals surface area contributed by atoms with Crippen molar-refractivity contribution in [3.63, 3.8) is 0 Å². The molecule has 0 radical (unpaired) electrons. The Hall–Kier alpha value is -0.770. The Bertz CT molecular complexity index is 451. The van der Waals surface area contributed by atoms with Crippen LogP contribution in [0.4, 0.5) is 0 Å². The van der Waals surface area contributed by atoms with E-state index in [-0.39, 0.29) is 18.3 Å². The van der Waals surface area contributed by atoms with Gasteiger partial charge in [-0.2, -0.15) is 0 Å². The molecule has 1 aromatic carbocycles. The molecule has 5 heteroatoms. The number of nitrogens with zero attached hydrogens (tertiary/aromatic N) is 1. The Morgan fingerprint density at radius 2 is 2.26 bits per heavy atom. The van der Waals surface area contributed by atoms with Crippen molar-refractivity contribution in [3.05, 3.63) is 34.3 Å². The van der Waals surface area contributed by atoms with Gasteiger partial charge in [-0.3, -0.25) is 4.79 Å². The van der Waals surface area contributed by atoms with Gasteiger partial charge < -0.3 is 10.2 Å². The second-order valence-electron chi connectivity index (χ2n) is 4.93. The average molecular weight is 303 g/mol. The smallest absolute Gasteiger partial charge is 0.253 e. The van der Waals surface area contributed by atoms with Crippen LogP contribution in [0.3, 0.4) is 0 Å². The van der Waals surface area contributed by atoms with Gasteiger partial charge >= 0.3 is 0 Å². The quantitative estimate of drug-likeness (QED) is 0.931. The van der Waals surface area contributed by atoms with Gasteiger partial charge in [-0.25, -0.2) is 0 Å². The lowest BCUT2D eigenvalue weighted by molar-refractivity contribution is 0.0787. The highest BCUT2D eigenvalue weighted by Gasteiger charge is 2.26. The number of aryl methyl sites for hydroxylation is 1. The van der Waals surface area contributed by atoms with E-state index in [1.165, 1.54) is 0 Å². The molecule has 19 heavy (non-hydrogen) atoms. The zero-order valence-electron chi connectivity index (χ0n) is 11.3. The lowest BCUT2D eigenvalue weighted by Crippen LogP contribution is -2.30. The van der Waals surface area contributed by atoms with E-state index in [9.17, 15) is 4.79 Å². The molecule has 1 aromatic rings. The molecule has 2 rings (SSSR count). The first-order valence-corrected chi connectivity index (χ1v) is 6.69. The molecule has 0 bridgehead atoms. The van der Waals surface area contributed by atoms with Gasteiger partial charge in [-0.15, -0.1) is 12.4 Å². The average Bonchev–Trinajstić information content (AvgIpc) is 2.81. The lowest BCUT2D eigenvalue weighted by Gasteiger charge is -2.17. The molecule has 1 heterocycles. The minimum absolute atomic E-state index is 0. The van der Waals surface area contributed by atoms with Gasteiger partial charge in [-0.1, -0.05) is 11.6 Å². The first-order chi connectivity index (χ1) is 8.61. The molecule has 0 saturated carbocycles. The van der Waals surface area contributed by atoms with Crippen LogP contribution >= 0.6 is 24.0 Å². The first-order valence-electron chi connectivity index (χ1n) is 6.32. The van der Waals surface area contributed by atoms with E-state index in [0.29, 0.717) is 10.9 Å². The highest BCUT2D eigenvalue weighted by atomic mass is 35.5. The van der Waals surface area contributed by atoms with Gasteiger partial charge in [-0.05, 0) is 56.6 Å². The predicted octanol–water partition coefficient (Wildman–Crippen LogP) is 2.75. The third-order valence-electron chi connectivity index (χ3n) is 3.47. The van der Waals surface area contributed by atoms with Crippen LogP contribution in [0.5, 0.6) is 0 Å². The van der Waals surface area contributed by atoms with Crippen LogP contribution in [0.1, 0.15) is 22.3 Å². The number of carbonyl (C=O) groups is 1. The van der Waals surface area contributed by atoms with Crippen molar-refractivity contribution in [2.75, 3.05) is 26.7 Å². The van der Waals surface area contributed by atoms with Crippen molar-refractivity contribution in [1.29, 1.82) is 0 Å². The maximum absolute atomic E-state index is 12.3. The molecule has 1 aliphatic heterocycles. The number of likely N-dealkylation sites (tertiary alicyclic amines) is 1. The molecule has 1 N–H and O–H groups in total. The number of hydrogen-bond donors (Lipinski definition) is 1. The van der Waals surface area contributed by atoms with Gasteiger partial charge in [0, 0.05) is 23.7 Å². The molecule has 1 aliphatic rings. The van der Waals surface area contributed by atoms with Crippen LogP contribution in [0.2, 0.25) is 5.02 Å². The van der Waals surface area contributed by atoms with Crippen LogP contribution in [0.25, 0.3) is 0 Å². The standard InChI is InChI=1S/C14H19ClN2O.ClH/c1-10-7-12(3-4-13(10)15)14(18)17-6-5-11(9-17)8-16-2;/h3-4,7,11,16H,5-6,8-9H2,1-2H3;1H. The fraction of sp³-hybridized carbons (Fsp3) is 0.500. The molecule has 1 amide bonds. The summed E-state index contributed by atoms with van der Waals surface area (Å²) in [7, 11) is 1.95. The summed E-state index contributed by atoms with van der Waals surface area (Å²) >= 11 is 5.98. The highest BCUT2D eigenvalue weighted by Crippen LogP contribution is 2.21. The van der Waals surface area contributed by atoms with Gasteiger partial charge in [0.2, 0.25) is 0 Å². The zero-order chi connectivity index (χ0) is 13.1. The summed E-state index contributed by atoms with van der Waals surface area (Å²) in [5, 5.41) is 3.88. The largest absolute Gasteiger partial charge is 0.338 e. The van der Waals surface area contributed by atoms with E-state index < -0.39 is 0 Å². The van der Waals surface area contributed by atoms with E-state index in [1.54, 1.807) is 6.07 Å². The van der Waals surface area contributed by atoms with Gasteiger partial charge in [0.15, 0.2) is 0 Å². The minimum atomic E-state index is 0. The Balaban J connectivity index is 0.00000180. The van der Waals surface area contributed by atoms with E-state index >= 15 is 0 Å². The van der Waals surface area contributed by atoms with Gasteiger partial charge in [0.05, 0.1) is 0 Å². The topological polar surface area (TPSA) is 32.3 Å². The fourth-order valence-corrected chi connectivity index (χ4v) is 2.55. The number of benzene rings is 1. The number of rotatable bonds is 3. The molecule has 1 unspecified atom stereocenters. The number of hydrogen-bond acceptors (Lipinski definition) is 2. The Kier molecular flexibility index (Phi) is 6.11. The molecule has 0 spiro atoms. The summed E-state index contributed by atoms with van der Waals surface area (Å²) in [5.74, 6) is 0.695. The zero-order valence-corrected chi connectivity index (χ0v) is 12.9. The second-order valence-corrected chi connectivity index (χ2v) is 5.33. The van der Waals surface area contributed by atoms with Crippen molar-refractivity contribution in [1.82, 2.24) is 10.2 Å². The third kappa shape index (κ3) is 3.85. The molecule has 0 aliphatic carbocycles. The maximum Gasteiger partial charge on any atom is 0.253 e. The van der Waals surface area contributed by atoms with Gasteiger partial charge in [0.25, 0.3) is 5.91 Å². The summed E-state index contributed by atoms with van der Waals surface area (Å²) in [4.78, 5) is 14.3.